The van der Waals surface area contributed by atoms with E-state index in [9.17, 15) is 8.78 Å². The lowest BCUT2D eigenvalue weighted by molar-refractivity contribution is 0.162. The number of rotatable bonds is 3. The highest BCUT2D eigenvalue weighted by atomic mass is 32.2. The smallest absolute Gasteiger partial charge is 0.163 e. The van der Waals surface area contributed by atoms with Gasteiger partial charge in [0, 0.05) is 36.2 Å². The third-order valence-electron chi connectivity index (χ3n) is 3.38. The molecule has 0 amide bonds. The molecule has 1 aliphatic rings. The van der Waals surface area contributed by atoms with Gasteiger partial charge in [0.1, 0.15) is 0 Å². The first kappa shape index (κ1) is 13.8. The third-order valence-corrected chi connectivity index (χ3v) is 4.57. The van der Waals surface area contributed by atoms with Crippen molar-refractivity contribution in [2.24, 2.45) is 5.73 Å². The topological polar surface area (TPSA) is 29.3 Å². The van der Waals surface area contributed by atoms with Gasteiger partial charge in [0.05, 0.1) is 6.04 Å². The van der Waals surface area contributed by atoms with Crippen LogP contribution in [0.2, 0.25) is 0 Å². The summed E-state index contributed by atoms with van der Waals surface area (Å²) in [4.78, 5) is 2.17. The fourth-order valence-corrected chi connectivity index (χ4v) is 3.46. The van der Waals surface area contributed by atoms with Gasteiger partial charge in [0.25, 0.3) is 0 Å². The van der Waals surface area contributed by atoms with Crippen molar-refractivity contribution in [2.75, 3.05) is 24.6 Å². The van der Waals surface area contributed by atoms with Crippen LogP contribution in [-0.4, -0.2) is 35.5 Å². The fraction of sp³-hybridized carbons (Fsp3) is 0.538. The number of nitrogens with two attached hydrogens (primary N) is 1. The van der Waals surface area contributed by atoms with Crippen LogP contribution >= 0.6 is 11.8 Å². The third kappa shape index (κ3) is 2.68. The summed E-state index contributed by atoms with van der Waals surface area (Å²) < 4.78 is 27.2. The maximum atomic E-state index is 13.9. The maximum Gasteiger partial charge on any atom is 0.163 e. The number of hydrogen-bond acceptors (Lipinski definition) is 3. The molecule has 0 bridgehead atoms. The minimum absolute atomic E-state index is 0.239. The van der Waals surface area contributed by atoms with Crippen molar-refractivity contribution in [3.8, 4) is 0 Å². The molecule has 2 nitrogen and oxygen atoms in total. The lowest BCUT2D eigenvalue weighted by Crippen LogP contribution is -2.45. The normalized spacial score (nSPS) is 23.0. The first-order chi connectivity index (χ1) is 8.65. The van der Waals surface area contributed by atoms with Crippen molar-refractivity contribution in [1.82, 2.24) is 4.90 Å². The van der Waals surface area contributed by atoms with Gasteiger partial charge in [-0.05, 0) is 13.0 Å². The first-order valence-corrected chi connectivity index (χ1v) is 7.28. The van der Waals surface area contributed by atoms with Crippen molar-refractivity contribution in [1.29, 1.82) is 0 Å². The molecule has 18 heavy (non-hydrogen) atoms. The molecule has 5 heteroatoms. The monoisotopic (exact) mass is 272 g/mol. The Kier molecular flexibility index (Phi) is 4.59. The van der Waals surface area contributed by atoms with Gasteiger partial charge in [0.15, 0.2) is 11.6 Å². The number of hydrogen-bond donors (Lipinski definition) is 1. The Bertz CT molecular complexity index is 414. The van der Waals surface area contributed by atoms with E-state index in [-0.39, 0.29) is 6.04 Å². The molecule has 0 spiro atoms. The van der Waals surface area contributed by atoms with Gasteiger partial charge in [-0.1, -0.05) is 12.1 Å². The van der Waals surface area contributed by atoms with E-state index in [0.717, 1.165) is 24.1 Å². The van der Waals surface area contributed by atoms with Gasteiger partial charge < -0.3 is 5.73 Å². The van der Waals surface area contributed by atoms with E-state index in [1.807, 2.05) is 11.8 Å². The van der Waals surface area contributed by atoms with Crippen molar-refractivity contribution >= 4 is 11.8 Å². The quantitative estimate of drug-likeness (QED) is 0.916. The fourth-order valence-electron chi connectivity index (χ4n) is 2.42. The molecule has 2 N–H and O–H groups in total. The molecule has 100 valence electrons. The van der Waals surface area contributed by atoms with E-state index in [0.29, 0.717) is 18.2 Å². The van der Waals surface area contributed by atoms with Crippen LogP contribution in [0.3, 0.4) is 0 Å². The Hall–Kier alpha value is -0.650. The minimum atomic E-state index is -0.801. The zero-order valence-electron chi connectivity index (χ0n) is 10.4. The summed E-state index contributed by atoms with van der Waals surface area (Å²) in [7, 11) is 0. The number of benzene rings is 1. The molecule has 1 aromatic rings. The SMILES string of the molecule is CC1CSCCN1C(CN)c1cccc(F)c1F. The standard InChI is InChI=1S/C13H18F2N2S/c1-9-8-18-6-5-17(9)12(7-16)10-3-2-4-11(14)13(10)15/h2-4,9,12H,5-8,16H2,1H3. The molecule has 1 aliphatic heterocycles. The lowest BCUT2D eigenvalue weighted by atomic mass is 10.0. The molecular formula is C13H18F2N2S. The van der Waals surface area contributed by atoms with Crippen molar-refractivity contribution in [3.05, 3.63) is 35.4 Å². The van der Waals surface area contributed by atoms with E-state index in [4.69, 9.17) is 5.73 Å². The Balaban J connectivity index is 2.29. The molecule has 1 fully saturated rings. The minimum Gasteiger partial charge on any atom is -0.329 e. The average molecular weight is 272 g/mol. The molecule has 1 aromatic carbocycles. The molecule has 0 aliphatic carbocycles. The zero-order chi connectivity index (χ0) is 13.1. The van der Waals surface area contributed by atoms with Crippen LogP contribution in [0.4, 0.5) is 8.78 Å². The number of halogens is 2. The molecular weight excluding hydrogens is 254 g/mol. The van der Waals surface area contributed by atoms with E-state index in [1.165, 1.54) is 0 Å². The van der Waals surface area contributed by atoms with Crippen molar-refractivity contribution < 1.29 is 8.78 Å². The summed E-state index contributed by atoms with van der Waals surface area (Å²) in [5, 5.41) is 0. The van der Waals surface area contributed by atoms with E-state index >= 15 is 0 Å². The van der Waals surface area contributed by atoms with Crippen LogP contribution in [0.1, 0.15) is 18.5 Å². The van der Waals surface area contributed by atoms with Crippen LogP contribution in [0.5, 0.6) is 0 Å². The summed E-state index contributed by atoms with van der Waals surface area (Å²) in [5.41, 5.74) is 6.15. The second kappa shape index (κ2) is 5.99. The zero-order valence-corrected chi connectivity index (χ0v) is 11.2. The maximum absolute atomic E-state index is 13.9. The molecule has 1 heterocycles. The lowest BCUT2D eigenvalue weighted by Gasteiger charge is -2.39. The molecule has 1 saturated heterocycles. The van der Waals surface area contributed by atoms with E-state index < -0.39 is 11.6 Å². The number of thioether (sulfide) groups is 1. The molecule has 0 aromatic heterocycles. The predicted octanol–water partition coefficient (Wildman–Crippen LogP) is 2.40. The summed E-state index contributed by atoms with van der Waals surface area (Å²) >= 11 is 1.89. The van der Waals surface area contributed by atoms with Crippen LogP contribution in [0.25, 0.3) is 0 Å². The average Bonchev–Trinajstić information content (AvgIpc) is 2.37. The van der Waals surface area contributed by atoms with Crippen LogP contribution in [0, 0.1) is 11.6 Å². The highest BCUT2D eigenvalue weighted by Crippen LogP contribution is 2.29. The van der Waals surface area contributed by atoms with Gasteiger partial charge in [-0.3, -0.25) is 4.90 Å². The van der Waals surface area contributed by atoms with Gasteiger partial charge >= 0.3 is 0 Å². The summed E-state index contributed by atoms with van der Waals surface area (Å²) in [6.45, 7) is 3.27. The van der Waals surface area contributed by atoms with E-state index in [1.54, 1.807) is 12.1 Å². The Morgan fingerprint density at radius 2 is 2.28 bits per heavy atom. The van der Waals surface area contributed by atoms with Gasteiger partial charge in [-0.25, -0.2) is 8.78 Å². The second-order valence-corrected chi connectivity index (χ2v) is 5.71. The van der Waals surface area contributed by atoms with Gasteiger partial charge in [-0.2, -0.15) is 11.8 Å². The van der Waals surface area contributed by atoms with Crippen LogP contribution in [0.15, 0.2) is 18.2 Å². The Morgan fingerprint density at radius 3 is 2.94 bits per heavy atom. The summed E-state index contributed by atoms with van der Waals surface area (Å²) in [6.07, 6.45) is 0. The molecule has 2 atom stereocenters. The van der Waals surface area contributed by atoms with Crippen LogP contribution in [-0.2, 0) is 0 Å². The Morgan fingerprint density at radius 1 is 1.50 bits per heavy atom. The highest BCUT2D eigenvalue weighted by molar-refractivity contribution is 7.99. The number of nitrogens with zero attached hydrogens (tertiary/aromatic N) is 1. The summed E-state index contributed by atoms with van der Waals surface area (Å²) in [6, 6.07) is 4.41. The first-order valence-electron chi connectivity index (χ1n) is 6.12. The van der Waals surface area contributed by atoms with Crippen molar-refractivity contribution in [3.63, 3.8) is 0 Å². The van der Waals surface area contributed by atoms with Gasteiger partial charge in [-0.15, -0.1) is 0 Å². The van der Waals surface area contributed by atoms with Gasteiger partial charge in [0.2, 0.25) is 0 Å². The summed E-state index contributed by atoms with van der Waals surface area (Å²) in [5.74, 6) is 0.453. The molecule has 0 saturated carbocycles. The molecule has 2 rings (SSSR count). The molecule has 0 radical (unpaired) electrons. The predicted molar refractivity (Wildman–Crippen MR) is 71.6 cm³/mol. The highest BCUT2D eigenvalue weighted by Gasteiger charge is 2.28. The second-order valence-electron chi connectivity index (χ2n) is 4.56. The largest absolute Gasteiger partial charge is 0.329 e. The van der Waals surface area contributed by atoms with Crippen molar-refractivity contribution in [2.45, 2.75) is 19.0 Å². The molecule has 2 unspecified atom stereocenters. The van der Waals surface area contributed by atoms with Crippen LogP contribution < -0.4 is 5.73 Å². The van der Waals surface area contributed by atoms with E-state index in [2.05, 4.69) is 11.8 Å². The Labute approximate surface area is 111 Å².